The smallest absolute Gasteiger partial charge is 0.373 e. The summed E-state index contributed by atoms with van der Waals surface area (Å²) in [4.78, 5) is 2.63. The first-order valence-electron chi connectivity index (χ1n) is 5.29. The highest BCUT2D eigenvalue weighted by atomic mass is 19.4. The Kier molecular flexibility index (Phi) is 3.46. The minimum Gasteiger partial charge on any atom is -0.373 e. The van der Waals surface area contributed by atoms with Crippen molar-refractivity contribution in [2.75, 3.05) is 6.61 Å². The second-order valence-electron chi connectivity index (χ2n) is 3.98. The van der Waals surface area contributed by atoms with Crippen LogP contribution in [0.4, 0.5) is 26.3 Å². The predicted octanol–water partition coefficient (Wildman–Crippen LogP) is 3.78. The number of aromatic nitrogens is 1. The molecule has 1 saturated heterocycles. The maximum Gasteiger partial charge on any atom is 0.433 e. The van der Waals surface area contributed by atoms with E-state index in [1.54, 1.807) is 0 Å². The minimum atomic E-state index is -4.94. The summed E-state index contributed by atoms with van der Waals surface area (Å²) in [5.41, 5.74) is -3.32. The molecule has 0 amide bonds. The molecule has 0 N–H and O–H groups in total. The van der Waals surface area contributed by atoms with E-state index in [0.717, 1.165) is 0 Å². The van der Waals surface area contributed by atoms with Gasteiger partial charge in [-0.3, -0.25) is 0 Å². The Morgan fingerprint density at radius 1 is 1.00 bits per heavy atom. The molecule has 2 heterocycles. The Morgan fingerprint density at radius 2 is 1.53 bits per heavy atom. The second-order valence-corrected chi connectivity index (χ2v) is 3.98. The number of rotatable bonds is 1. The highest BCUT2D eigenvalue weighted by Crippen LogP contribution is 2.37. The Morgan fingerprint density at radius 3 is 1.89 bits per heavy atom. The molecule has 0 aliphatic carbocycles. The van der Waals surface area contributed by atoms with Crippen molar-refractivity contribution < 1.29 is 31.1 Å². The van der Waals surface area contributed by atoms with Crippen molar-refractivity contribution in [3.05, 3.63) is 35.5 Å². The Balaban J connectivity index is 2.48. The van der Waals surface area contributed by atoms with Gasteiger partial charge in [0.1, 0.15) is 11.4 Å². The zero-order chi connectivity index (χ0) is 14.3. The van der Waals surface area contributed by atoms with E-state index >= 15 is 0 Å². The van der Waals surface area contributed by atoms with E-state index in [4.69, 9.17) is 4.74 Å². The fourth-order valence-electron chi connectivity index (χ4n) is 1.72. The SMILES string of the molecule is FC(F)(F)c1cc(C2[CH]CCO2)cc(C(F)(F)F)n1. The molecule has 0 saturated carbocycles. The van der Waals surface area contributed by atoms with Crippen LogP contribution in [0.15, 0.2) is 12.1 Å². The predicted molar refractivity (Wildman–Crippen MR) is 51.9 cm³/mol. The van der Waals surface area contributed by atoms with Crippen LogP contribution in [0.25, 0.3) is 0 Å². The summed E-state index contributed by atoms with van der Waals surface area (Å²) in [5.74, 6) is 0. The van der Waals surface area contributed by atoms with Gasteiger partial charge in [0, 0.05) is 6.61 Å². The van der Waals surface area contributed by atoms with E-state index in [0.29, 0.717) is 18.6 Å². The fraction of sp³-hybridized carbons (Fsp3) is 0.455. The summed E-state index contributed by atoms with van der Waals surface area (Å²) in [6.07, 6.45) is -8.72. The van der Waals surface area contributed by atoms with Crippen LogP contribution in [-0.2, 0) is 17.1 Å². The van der Waals surface area contributed by atoms with Crippen molar-refractivity contribution in [3.63, 3.8) is 0 Å². The van der Waals surface area contributed by atoms with Crippen LogP contribution < -0.4 is 0 Å². The quantitative estimate of drug-likeness (QED) is 0.732. The highest BCUT2D eigenvalue weighted by Gasteiger charge is 2.39. The molecular weight excluding hydrogens is 276 g/mol. The van der Waals surface area contributed by atoms with Crippen molar-refractivity contribution in [2.24, 2.45) is 0 Å². The highest BCUT2D eigenvalue weighted by molar-refractivity contribution is 5.28. The molecule has 1 aromatic heterocycles. The number of nitrogens with zero attached hydrogens (tertiary/aromatic N) is 1. The fourth-order valence-corrected chi connectivity index (χ4v) is 1.72. The molecule has 1 fully saturated rings. The lowest BCUT2D eigenvalue weighted by Crippen LogP contribution is -2.16. The van der Waals surface area contributed by atoms with Gasteiger partial charge in [-0.2, -0.15) is 26.3 Å². The summed E-state index contributed by atoms with van der Waals surface area (Å²) in [6, 6.07) is 1.17. The molecule has 19 heavy (non-hydrogen) atoms. The maximum absolute atomic E-state index is 12.5. The third-order valence-electron chi connectivity index (χ3n) is 2.55. The lowest BCUT2D eigenvalue weighted by Gasteiger charge is -2.16. The average Bonchev–Trinajstić information content (AvgIpc) is 2.79. The molecule has 1 unspecified atom stereocenters. The van der Waals surface area contributed by atoms with E-state index in [-0.39, 0.29) is 12.2 Å². The average molecular weight is 284 g/mol. The Hall–Kier alpha value is -1.31. The lowest BCUT2D eigenvalue weighted by atomic mass is 10.1. The molecule has 1 aliphatic heterocycles. The first-order valence-corrected chi connectivity index (χ1v) is 5.29. The van der Waals surface area contributed by atoms with Crippen LogP contribution in [0.5, 0.6) is 0 Å². The molecule has 1 aromatic rings. The molecule has 1 aliphatic rings. The van der Waals surface area contributed by atoms with Gasteiger partial charge >= 0.3 is 12.4 Å². The van der Waals surface area contributed by atoms with Crippen molar-refractivity contribution in [1.29, 1.82) is 0 Å². The van der Waals surface area contributed by atoms with Crippen LogP contribution >= 0.6 is 0 Å². The van der Waals surface area contributed by atoms with Crippen molar-refractivity contribution in [2.45, 2.75) is 24.9 Å². The van der Waals surface area contributed by atoms with Crippen LogP contribution in [0, 0.1) is 6.42 Å². The number of pyridine rings is 1. The van der Waals surface area contributed by atoms with Crippen molar-refractivity contribution in [1.82, 2.24) is 4.98 Å². The summed E-state index contributed by atoms with van der Waals surface area (Å²) in [7, 11) is 0. The molecule has 105 valence electrons. The minimum absolute atomic E-state index is 0.188. The van der Waals surface area contributed by atoms with Gasteiger partial charge in [0.2, 0.25) is 0 Å². The van der Waals surface area contributed by atoms with Gasteiger partial charge in [0.15, 0.2) is 0 Å². The standard InChI is InChI=1S/C11H8F6NO/c12-10(13,14)8-4-6(7-2-1-3-19-7)5-9(18-8)11(15,16)17/h2,4-5,7H,1,3H2. The Labute approximate surface area is 104 Å². The monoisotopic (exact) mass is 284 g/mol. The van der Waals surface area contributed by atoms with E-state index in [9.17, 15) is 26.3 Å². The molecule has 0 aromatic carbocycles. The van der Waals surface area contributed by atoms with Crippen molar-refractivity contribution in [3.8, 4) is 0 Å². The number of alkyl halides is 6. The van der Waals surface area contributed by atoms with Gasteiger partial charge in [-0.25, -0.2) is 4.98 Å². The molecule has 0 spiro atoms. The van der Waals surface area contributed by atoms with E-state index in [2.05, 4.69) is 4.98 Å². The van der Waals surface area contributed by atoms with Gasteiger partial charge in [0.25, 0.3) is 0 Å². The van der Waals surface area contributed by atoms with Gasteiger partial charge < -0.3 is 4.74 Å². The second kappa shape index (κ2) is 4.66. The molecular formula is C11H8F6NO. The molecule has 1 radical (unpaired) electrons. The summed E-state index contributed by atoms with van der Waals surface area (Å²) in [6.45, 7) is 0.274. The molecule has 8 heteroatoms. The largest absolute Gasteiger partial charge is 0.433 e. The number of hydrogen-bond acceptors (Lipinski definition) is 2. The van der Waals surface area contributed by atoms with E-state index in [1.165, 1.54) is 6.42 Å². The molecule has 1 atom stereocenters. The summed E-state index contributed by atoms with van der Waals surface area (Å²) >= 11 is 0. The maximum atomic E-state index is 12.5. The van der Waals surface area contributed by atoms with Gasteiger partial charge in [0.05, 0.1) is 6.10 Å². The number of halogens is 6. The first kappa shape index (κ1) is 14.1. The number of hydrogen-bond donors (Lipinski definition) is 0. The van der Waals surface area contributed by atoms with Crippen LogP contribution in [0.3, 0.4) is 0 Å². The molecule has 2 rings (SSSR count). The van der Waals surface area contributed by atoms with E-state index in [1.807, 2.05) is 0 Å². The van der Waals surface area contributed by atoms with Crippen LogP contribution in [-0.4, -0.2) is 11.6 Å². The zero-order valence-corrected chi connectivity index (χ0v) is 9.35. The Bertz CT molecular complexity index is 429. The van der Waals surface area contributed by atoms with Crippen LogP contribution in [0.1, 0.15) is 29.5 Å². The summed E-state index contributed by atoms with van der Waals surface area (Å²) in [5, 5.41) is 0. The summed E-state index contributed by atoms with van der Waals surface area (Å²) < 4.78 is 80.3. The normalized spacial score (nSPS) is 20.8. The topological polar surface area (TPSA) is 22.1 Å². The molecule has 2 nitrogen and oxygen atoms in total. The van der Waals surface area contributed by atoms with Crippen LogP contribution in [0.2, 0.25) is 0 Å². The lowest BCUT2D eigenvalue weighted by molar-refractivity contribution is -0.150. The van der Waals surface area contributed by atoms with Gasteiger partial charge in [-0.05, 0) is 30.5 Å². The molecule has 0 bridgehead atoms. The van der Waals surface area contributed by atoms with E-state index < -0.39 is 29.8 Å². The third-order valence-corrected chi connectivity index (χ3v) is 2.55. The van der Waals surface area contributed by atoms with Crippen molar-refractivity contribution >= 4 is 0 Å². The van der Waals surface area contributed by atoms with Gasteiger partial charge in [-0.1, -0.05) is 0 Å². The zero-order valence-electron chi connectivity index (χ0n) is 9.35. The van der Waals surface area contributed by atoms with Gasteiger partial charge in [-0.15, -0.1) is 0 Å². The third kappa shape index (κ3) is 3.17. The first-order chi connectivity index (χ1) is 8.68. The number of ether oxygens (including phenoxy) is 1.